The van der Waals surface area contributed by atoms with Crippen LogP contribution < -0.4 is 5.32 Å². The number of halogens is 1. The Morgan fingerprint density at radius 3 is 3.05 bits per heavy atom. The van der Waals surface area contributed by atoms with Crippen LogP contribution in [0.3, 0.4) is 0 Å². The summed E-state index contributed by atoms with van der Waals surface area (Å²) in [7, 11) is 1.85. The number of anilines is 1. The molecule has 0 aliphatic carbocycles. The molecule has 2 aromatic heterocycles. The van der Waals surface area contributed by atoms with E-state index in [2.05, 4.69) is 20.1 Å². The second-order valence-corrected chi connectivity index (χ2v) is 5.30. The molecule has 0 saturated heterocycles. The first-order chi connectivity index (χ1) is 9.69. The molecule has 0 unspecified atom stereocenters. The highest BCUT2D eigenvalue weighted by atomic mass is 35.5. The molecular weight excluding hydrogens is 294 g/mol. The van der Waals surface area contributed by atoms with Gasteiger partial charge in [-0.25, -0.2) is 0 Å². The average molecular weight is 304 g/mol. The summed E-state index contributed by atoms with van der Waals surface area (Å²) in [5, 5.41) is 12.8. The van der Waals surface area contributed by atoms with E-state index in [0.29, 0.717) is 17.3 Å². The second-order valence-electron chi connectivity index (χ2n) is 4.36. The predicted octanol–water partition coefficient (Wildman–Crippen LogP) is 3.17. The molecule has 1 aromatic carbocycles. The van der Waals surface area contributed by atoms with Crippen LogP contribution in [0, 0.1) is 11.3 Å². The number of nitriles is 1. The van der Waals surface area contributed by atoms with Gasteiger partial charge >= 0.3 is 0 Å². The zero-order valence-corrected chi connectivity index (χ0v) is 12.2. The van der Waals surface area contributed by atoms with Crippen molar-refractivity contribution in [3.05, 3.63) is 40.7 Å². The van der Waals surface area contributed by atoms with E-state index >= 15 is 0 Å². The minimum atomic E-state index is 0.575. The Labute approximate surface area is 124 Å². The molecule has 0 radical (unpaired) electrons. The van der Waals surface area contributed by atoms with Crippen molar-refractivity contribution in [2.45, 2.75) is 6.54 Å². The standard InChI is InChI=1S/C13H10ClN5S/c1-19-7-8(4-9(19)5-15)6-16-12-10(14)2-3-11-13(12)18-20-17-11/h2-4,7,16H,6H2,1H3. The van der Waals surface area contributed by atoms with Crippen LogP contribution in [-0.2, 0) is 13.6 Å². The molecule has 0 atom stereocenters. The number of rotatable bonds is 3. The summed E-state index contributed by atoms with van der Waals surface area (Å²) < 4.78 is 10.2. The van der Waals surface area contributed by atoms with E-state index in [1.807, 2.05) is 25.4 Å². The van der Waals surface area contributed by atoms with Crippen molar-refractivity contribution in [2.75, 3.05) is 5.32 Å². The molecule has 5 nitrogen and oxygen atoms in total. The van der Waals surface area contributed by atoms with Gasteiger partial charge in [0.05, 0.1) is 22.4 Å². The molecule has 3 rings (SSSR count). The van der Waals surface area contributed by atoms with Crippen molar-refractivity contribution in [3.8, 4) is 6.07 Å². The average Bonchev–Trinajstić information content (AvgIpc) is 3.04. The largest absolute Gasteiger partial charge is 0.378 e. The summed E-state index contributed by atoms with van der Waals surface area (Å²) in [6, 6.07) is 7.64. The summed E-state index contributed by atoms with van der Waals surface area (Å²) in [5.74, 6) is 0. The van der Waals surface area contributed by atoms with E-state index in [9.17, 15) is 0 Å². The van der Waals surface area contributed by atoms with Gasteiger partial charge in [0.1, 0.15) is 22.8 Å². The Bertz CT molecular complexity index is 814. The lowest BCUT2D eigenvalue weighted by molar-refractivity contribution is 0.902. The highest BCUT2D eigenvalue weighted by Gasteiger charge is 2.10. The molecule has 0 aliphatic rings. The Morgan fingerprint density at radius 1 is 1.45 bits per heavy atom. The van der Waals surface area contributed by atoms with E-state index in [-0.39, 0.29) is 0 Å². The van der Waals surface area contributed by atoms with Crippen LogP contribution in [-0.4, -0.2) is 13.3 Å². The zero-order chi connectivity index (χ0) is 14.1. The summed E-state index contributed by atoms with van der Waals surface area (Å²) >= 11 is 7.37. The van der Waals surface area contributed by atoms with Crippen molar-refractivity contribution in [2.24, 2.45) is 7.05 Å². The van der Waals surface area contributed by atoms with Gasteiger partial charge in [-0.15, -0.1) is 0 Å². The molecule has 3 aromatic rings. The number of nitrogens with one attached hydrogen (secondary N) is 1. The first-order valence-corrected chi connectivity index (χ1v) is 7.00. The van der Waals surface area contributed by atoms with Crippen molar-refractivity contribution in [3.63, 3.8) is 0 Å². The van der Waals surface area contributed by atoms with Crippen LogP contribution in [0.1, 0.15) is 11.3 Å². The van der Waals surface area contributed by atoms with Crippen molar-refractivity contribution in [1.29, 1.82) is 5.26 Å². The Hall–Kier alpha value is -2.10. The molecule has 0 saturated carbocycles. The molecule has 1 N–H and O–H groups in total. The molecule has 2 heterocycles. The van der Waals surface area contributed by atoms with Crippen LogP contribution in [0.5, 0.6) is 0 Å². The lowest BCUT2D eigenvalue weighted by Gasteiger charge is -2.07. The number of aryl methyl sites for hydroxylation is 1. The van der Waals surface area contributed by atoms with E-state index in [1.165, 1.54) is 0 Å². The van der Waals surface area contributed by atoms with Gasteiger partial charge in [0.25, 0.3) is 0 Å². The number of fused-ring (bicyclic) bond motifs is 1. The van der Waals surface area contributed by atoms with Crippen LogP contribution in [0.2, 0.25) is 5.02 Å². The van der Waals surface area contributed by atoms with E-state index in [0.717, 1.165) is 34.0 Å². The Kier molecular flexibility index (Phi) is 3.30. The van der Waals surface area contributed by atoms with Gasteiger partial charge in [0.2, 0.25) is 0 Å². The van der Waals surface area contributed by atoms with Crippen LogP contribution in [0.25, 0.3) is 11.0 Å². The van der Waals surface area contributed by atoms with Crippen molar-refractivity contribution >= 4 is 40.0 Å². The third-order valence-electron chi connectivity index (χ3n) is 3.02. The Morgan fingerprint density at radius 2 is 2.30 bits per heavy atom. The second kappa shape index (κ2) is 5.12. The number of aromatic nitrogens is 3. The highest BCUT2D eigenvalue weighted by Crippen LogP contribution is 2.30. The lowest BCUT2D eigenvalue weighted by atomic mass is 10.2. The fourth-order valence-corrected chi connectivity index (χ4v) is 2.79. The summed E-state index contributed by atoms with van der Waals surface area (Å²) in [6.45, 7) is 0.575. The van der Waals surface area contributed by atoms with E-state index in [4.69, 9.17) is 16.9 Å². The van der Waals surface area contributed by atoms with Gasteiger partial charge in [-0.3, -0.25) is 0 Å². The predicted molar refractivity (Wildman–Crippen MR) is 79.9 cm³/mol. The molecule has 100 valence electrons. The minimum absolute atomic E-state index is 0.575. The molecular formula is C13H10ClN5S. The topological polar surface area (TPSA) is 66.5 Å². The van der Waals surface area contributed by atoms with E-state index in [1.54, 1.807) is 10.6 Å². The third kappa shape index (κ3) is 2.22. The van der Waals surface area contributed by atoms with Crippen molar-refractivity contribution < 1.29 is 0 Å². The van der Waals surface area contributed by atoms with Gasteiger partial charge in [-0.05, 0) is 23.8 Å². The van der Waals surface area contributed by atoms with Crippen molar-refractivity contribution in [1.82, 2.24) is 13.3 Å². The summed E-state index contributed by atoms with van der Waals surface area (Å²) in [5.41, 5.74) is 4.02. The molecule has 0 fully saturated rings. The summed E-state index contributed by atoms with van der Waals surface area (Å²) in [4.78, 5) is 0. The molecule has 7 heteroatoms. The van der Waals surface area contributed by atoms with Crippen LogP contribution in [0.4, 0.5) is 5.69 Å². The minimum Gasteiger partial charge on any atom is -0.378 e. The fraction of sp³-hybridized carbons (Fsp3) is 0.154. The van der Waals surface area contributed by atoms with Crippen LogP contribution >= 0.6 is 23.3 Å². The number of hydrogen-bond acceptors (Lipinski definition) is 5. The number of hydrogen-bond donors (Lipinski definition) is 1. The molecule has 0 bridgehead atoms. The number of benzene rings is 1. The lowest BCUT2D eigenvalue weighted by Crippen LogP contribution is -2.00. The quantitative estimate of drug-likeness (QED) is 0.807. The molecule has 20 heavy (non-hydrogen) atoms. The fourth-order valence-electron chi connectivity index (χ4n) is 2.03. The zero-order valence-electron chi connectivity index (χ0n) is 10.6. The maximum absolute atomic E-state index is 8.95. The number of nitrogens with zero attached hydrogens (tertiary/aromatic N) is 4. The maximum atomic E-state index is 8.95. The highest BCUT2D eigenvalue weighted by molar-refractivity contribution is 7.00. The normalized spacial score (nSPS) is 10.7. The third-order valence-corrected chi connectivity index (χ3v) is 3.88. The SMILES string of the molecule is Cn1cc(CNc2c(Cl)ccc3nsnc23)cc1C#N. The van der Waals surface area contributed by atoms with Gasteiger partial charge in [0.15, 0.2) is 0 Å². The summed E-state index contributed by atoms with van der Waals surface area (Å²) in [6.07, 6.45) is 1.92. The van der Waals surface area contributed by atoms with Gasteiger partial charge in [0, 0.05) is 19.8 Å². The van der Waals surface area contributed by atoms with Gasteiger partial charge in [-0.2, -0.15) is 14.0 Å². The molecule has 0 spiro atoms. The van der Waals surface area contributed by atoms with Gasteiger partial charge < -0.3 is 9.88 Å². The van der Waals surface area contributed by atoms with Crippen LogP contribution in [0.15, 0.2) is 24.4 Å². The first kappa shape index (κ1) is 12.9. The maximum Gasteiger partial charge on any atom is 0.129 e. The smallest absolute Gasteiger partial charge is 0.129 e. The molecule has 0 amide bonds. The Balaban J connectivity index is 1.88. The molecule has 0 aliphatic heterocycles. The van der Waals surface area contributed by atoms with E-state index < -0.39 is 0 Å². The van der Waals surface area contributed by atoms with Gasteiger partial charge in [-0.1, -0.05) is 11.6 Å². The monoisotopic (exact) mass is 303 g/mol. The first-order valence-electron chi connectivity index (χ1n) is 5.89.